The fourth-order valence-electron chi connectivity index (χ4n) is 0.678. The van der Waals surface area contributed by atoms with Gasteiger partial charge in [0.25, 0.3) is 0 Å². The third kappa shape index (κ3) is 7.24. The number of ether oxygens (including phenoxy) is 2. The number of aldehydes is 2. The first-order valence-electron chi connectivity index (χ1n) is 4.38. The molecule has 0 fully saturated rings. The Labute approximate surface area is 87.2 Å². The Morgan fingerprint density at radius 3 is 2.47 bits per heavy atom. The third-order valence-electron chi connectivity index (χ3n) is 1.25. The van der Waals surface area contributed by atoms with Gasteiger partial charge in [-0.3, -0.25) is 9.59 Å². The largest absolute Gasteiger partial charge is 0.486 e. The van der Waals surface area contributed by atoms with Gasteiger partial charge >= 0.3 is 6.09 Å². The van der Waals surface area contributed by atoms with E-state index in [-0.39, 0.29) is 19.0 Å². The smallest absolute Gasteiger partial charge is 0.407 e. The van der Waals surface area contributed by atoms with Crippen LogP contribution >= 0.6 is 0 Å². The van der Waals surface area contributed by atoms with Gasteiger partial charge in [0.2, 0.25) is 0 Å². The summed E-state index contributed by atoms with van der Waals surface area (Å²) < 4.78 is 9.47. The van der Waals surface area contributed by atoms with E-state index in [1.165, 1.54) is 0 Å². The molecule has 0 aromatic heterocycles. The van der Waals surface area contributed by atoms with Crippen molar-refractivity contribution in [2.75, 3.05) is 19.8 Å². The molecule has 0 aliphatic heterocycles. The third-order valence-corrected chi connectivity index (χ3v) is 1.25. The minimum Gasteiger partial charge on any atom is -0.486 e. The fraction of sp³-hybridized carbons (Fsp3) is 0.444. The molecule has 0 aliphatic carbocycles. The summed E-state index contributed by atoms with van der Waals surface area (Å²) in [7, 11) is 0. The van der Waals surface area contributed by atoms with Gasteiger partial charge < -0.3 is 14.8 Å². The second kappa shape index (κ2) is 8.74. The van der Waals surface area contributed by atoms with Crippen molar-refractivity contribution in [3.63, 3.8) is 0 Å². The zero-order valence-electron chi connectivity index (χ0n) is 8.39. The van der Waals surface area contributed by atoms with Gasteiger partial charge in [0.1, 0.15) is 19.5 Å². The van der Waals surface area contributed by atoms with Gasteiger partial charge in [0.15, 0.2) is 12.0 Å². The van der Waals surface area contributed by atoms with Crippen LogP contribution in [0.1, 0.15) is 6.92 Å². The van der Waals surface area contributed by atoms with E-state index in [2.05, 4.69) is 10.1 Å². The summed E-state index contributed by atoms with van der Waals surface area (Å²) in [6, 6.07) is 0. The van der Waals surface area contributed by atoms with Crippen molar-refractivity contribution in [3.8, 4) is 0 Å². The highest BCUT2D eigenvalue weighted by Crippen LogP contribution is 1.91. The van der Waals surface area contributed by atoms with E-state index in [1.54, 1.807) is 6.92 Å². The Kier molecular flexibility index (Phi) is 7.66. The number of alkyl carbamates (subject to hydrolysis) is 1. The van der Waals surface area contributed by atoms with Crippen molar-refractivity contribution in [1.82, 2.24) is 5.32 Å². The number of amides is 1. The first-order valence-corrected chi connectivity index (χ1v) is 4.38. The molecule has 0 atom stereocenters. The molecule has 0 rings (SSSR count). The molecular weight excluding hydrogens is 202 g/mol. The molecule has 6 nitrogen and oxygen atoms in total. The van der Waals surface area contributed by atoms with Crippen LogP contribution in [0.3, 0.4) is 0 Å². The highest BCUT2D eigenvalue weighted by molar-refractivity contribution is 5.79. The van der Waals surface area contributed by atoms with Crippen molar-refractivity contribution in [1.29, 1.82) is 0 Å². The minimum atomic E-state index is -0.548. The average molecular weight is 215 g/mol. The average Bonchev–Trinajstić information content (AvgIpc) is 2.23. The normalized spacial score (nSPS) is 10.3. The van der Waals surface area contributed by atoms with Crippen molar-refractivity contribution in [3.05, 3.63) is 11.8 Å². The van der Waals surface area contributed by atoms with E-state index in [0.717, 1.165) is 6.08 Å². The summed E-state index contributed by atoms with van der Waals surface area (Å²) in [5.41, 5.74) is 0. The zero-order valence-corrected chi connectivity index (χ0v) is 8.39. The topological polar surface area (TPSA) is 81.7 Å². The van der Waals surface area contributed by atoms with Gasteiger partial charge in [-0.25, -0.2) is 4.79 Å². The molecule has 1 N–H and O–H groups in total. The second-order valence-corrected chi connectivity index (χ2v) is 2.34. The summed E-state index contributed by atoms with van der Waals surface area (Å²) >= 11 is 0. The van der Waals surface area contributed by atoms with Crippen LogP contribution in [0.15, 0.2) is 11.8 Å². The SMILES string of the molecule is CCNC(=O)OCCO/C(C=O)=C\C=O. The molecule has 0 aliphatic rings. The molecular formula is C9H13NO5. The number of rotatable bonds is 7. The lowest BCUT2D eigenvalue weighted by Crippen LogP contribution is -2.25. The molecule has 15 heavy (non-hydrogen) atoms. The molecule has 0 spiro atoms. The molecule has 0 unspecified atom stereocenters. The lowest BCUT2D eigenvalue weighted by Gasteiger charge is -2.06. The Hall–Kier alpha value is -1.85. The Balaban J connectivity index is 3.61. The van der Waals surface area contributed by atoms with Gasteiger partial charge in [-0.05, 0) is 6.92 Å². The Morgan fingerprint density at radius 1 is 1.27 bits per heavy atom. The fourth-order valence-corrected chi connectivity index (χ4v) is 0.678. The first-order chi connectivity index (χ1) is 7.24. The Bertz CT molecular complexity index is 249. The molecule has 1 amide bonds. The molecule has 84 valence electrons. The van der Waals surface area contributed by atoms with E-state index in [9.17, 15) is 14.4 Å². The van der Waals surface area contributed by atoms with Gasteiger partial charge in [-0.15, -0.1) is 0 Å². The van der Waals surface area contributed by atoms with Gasteiger partial charge in [0, 0.05) is 12.6 Å². The predicted octanol–water partition coefficient (Wildman–Crippen LogP) is 0.0308. The maximum Gasteiger partial charge on any atom is 0.407 e. The van der Waals surface area contributed by atoms with Crippen molar-refractivity contribution in [2.45, 2.75) is 6.92 Å². The molecule has 0 heterocycles. The van der Waals surface area contributed by atoms with Crippen LogP contribution in [0.25, 0.3) is 0 Å². The second-order valence-electron chi connectivity index (χ2n) is 2.34. The lowest BCUT2D eigenvalue weighted by atomic mass is 10.5. The van der Waals surface area contributed by atoms with Crippen LogP contribution in [0.4, 0.5) is 4.79 Å². The summed E-state index contributed by atoms with van der Waals surface area (Å²) in [4.78, 5) is 31.0. The highest BCUT2D eigenvalue weighted by Gasteiger charge is 2.00. The van der Waals surface area contributed by atoms with Gasteiger partial charge in [0.05, 0.1) is 0 Å². The number of hydrogen-bond donors (Lipinski definition) is 1. The van der Waals surface area contributed by atoms with Crippen LogP contribution in [0, 0.1) is 0 Å². The van der Waals surface area contributed by atoms with E-state index in [1.807, 2.05) is 0 Å². The van der Waals surface area contributed by atoms with Gasteiger partial charge in [-0.1, -0.05) is 0 Å². The summed E-state index contributed by atoms with van der Waals surface area (Å²) in [6.45, 7) is 2.27. The number of hydrogen-bond acceptors (Lipinski definition) is 5. The molecule has 0 aromatic carbocycles. The first kappa shape index (κ1) is 13.2. The number of carbonyl (C=O) groups excluding carboxylic acids is 3. The zero-order chi connectivity index (χ0) is 11.5. The predicted molar refractivity (Wildman–Crippen MR) is 51.2 cm³/mol. The van der Waals surface area contributed by atoms with Crippen LogP contribution < -0.4 is 5.32 Å². The van der Waals surface area contributed by atoms with E-state index < -0.39 is 6.09 Å². The van der Waals surface area contributed by atoms with Crippen LogP contribution in [0.5, 0.6) is 0 Å². The molecule has 0 aromatic rings. The summed E-state index contributed by atoms with van der Waals surface area (Å²) in [5, 5.41) is 2.42. The summed E-state index contributed by atoms with van der Waals surface area (Å²) in [6.07, 6.45) is 1.28. The lowest BCUT2D eigenvalue weighted by molar-refractivity contribution is -0.109. The number of carbonyl (C=O) groups is 3. The number of nitrogens with one attached hydrogen (secondary N) is 1. The molecule has 0 saturated carbocycles. The van der Waals surface area contributed by atoms with E-state index in [0.29, 0.717) is 19.1 Å². The molecule has 0 radical (unpaired) electrons. The monoisotopic (exact) mass is 215 g/mol. The van der Waals surface area contributed by atoms with E-state index in [4.69, 9.17) is 4.74 Å². The molecule has 0 saturated heterocycles. The van der Waals surface area contributed by atoms with Crippen LogP contribution in [-0.4, -0.2) is 38.4 Å². The minimum absolute atomic E-state index is 0.00979. The molecule has 0 bridgehead atoms. The van der Waals surface area contributed by atoms with Gasteiger partial charge in [-0.2, -0.15) is 0 Å². The van der Waals surface area contributed by atoms with Crippen molar-refractivity contribution >= 4 is 18.7 Å². The highest BCUT2D eigenvalue weighted by atomic mass is 16.6. The summed E-state index contributed by atoms with van der Waals surface area (Å²) in [5.74, 6) is -0.0931. The quantitative estimate of drug-likeness (QED) is 0.280. The van der Waals surface area contributed by atoms with Crippen LogP contribution in [0.2, 0.25) is 0 Å². The number of allylic oxidation sites excluding steroid dienone is 2. The van der Waals surface area contributed by atoms with E-state index >= 15 is 0 Å². The standard InChI is InChI=1S/C9H13NO5/c1-2-10-9(13)15-6-5-14-8(7-12)3-4-11/h3-4,7H,2,5-6H2,1H3,(H,10,13)/b8-3-. The maximum absolute atomic E-state index is 10.8. The van der Waals surface area contributed by atoms with Crippen molar-refractivity contribution < 1.29 is 23.9 Å². The Morgan fingerprint density at radius 2 is 1.93 bits per heavy atom. The van der Waals surface area contributed by atoms with Crippen molar-refractivity contribution in [2.24, 2.45) is 0 Å². The molecule has 6 heteroatoms. The maximum atomic E-state index is 10.8. The van der Waals surface area contributed by atoms with Crippen LogP contribution in [-0.2, 0) is 19.1 Å².